The average Bonchev–Trinajstić information content (AvgIpc) is 2.80. The Hall–Kier alpha value is -3.21. The van der Waals surface area contributed by atoms with Crippen molar-refractivity contribution >= 4 is 22.8 Å². The fourth-order valence-electron chi connectivity index (χ4n) is 4.23. The second-order valence-corrected chi connectivity index (χ2v) is 8.21. The van der Waals surface area contributed by atoms with Gasteiger partial charge < -0.3 is 10.1 Å². The first-order chi connectivity index (χ1) is 15.1. The number of fused-ring (bicyclic) bond motifs is 2. The van der Waals surface area contributed by atoms with Gasteiger partial charge in [0.25, 0.3) is 5.91 Å². The first-order valence-corrected chi connectivity index (χ1v) is 11.0. The minimum Gasteiger partial charge on any atom is -0.452 e. The summed E-state index contributed by atoms with van der Waals surface area (Å²) in [5, 5.41) is 3.72. The summed E-state index contributed by atoms with van der Waals surface area (Å²) in [7, 11) is 0. The lowest BCUT2D eigenvalue weighted by Crippen LogP contribution is -2.36. The van der Waals surface area contributed by atoms with Crippen LogP contribution in [0.5, 0.6) is 0 Å². The van der Waals surface area contributed by atoms with Crippen LogP contribution in [0, 0.1) is 0 Å². The highest BCUT2D eigenvalue weighted by Crippen LogP contribution is 2.29. The van der Waals surface area contributed by atoms with Crippen molar-refractivity contribution in [3.05, 3.63) is 77.0 Å². The molecule has 5 nitrogen and oxygen atoms in total. The number of benzene rings is 2. The van der Waals surface area contributed by atoms with Crippen molar-refractivity contribution in [3.63, 3.8) is 0 Å². The van der Waals surface area contributed by atoms with Gasteiger partial charge in [0.05, 0.1) is 11.1 Å². The molecule has 0 unspecified atom stereocenters. The van der Waals surface area contributed by atoms with Crippen molar-refractivity contribution in [2.45, 2.75) is 51.5 Å². The van der Waals surface area contributed by atoms with E-state index in [0.717, 1.165) is 60.7 Å². The molecule has 0 spiro atoms. The topological polar surface area (TPSA) is 68.3 Å². The van der Waals surface area contributed by atoms with Crippen LogP contribution in [0.1, 0.15) is 53.4 Å². The molecule has 0 bridgehead atoms. The first kappa shape index (κ1) is 21.0. The molecule has 1 heterocycles. The van der Waals surface area contributed by atoms with E-state index in [9.17, 15) is 9.59 Å². The van der Waals surface area contributed by atoms with Gasteiger partial charge in [-0.25, -0.2) is 4.79 Å². The summed E-state index contributed by atoms with van der Waals surface area (Å²) in [6.45, 7) is 1.69. The molecule has 5 heteroatoms. The molecule has 0 radical (unpaired) electrons. The monoisotopic (exact) mass is 416 g/mol. The maximum atomic E-state index is 13.0. The number of hydrogen-bond donors (Lipinski definition) is 1. The predicted molar refractivity (Wildman–Crippen MR) is 121 cm³/mol. The number of nitrogens with zero attached hydrogens (tertiary/aromatic N) is 1. The number of ether oxygens (including phenoxy) is 1. The van der Waals surface area contributed by atoms with Crippen LogP contribution in [0.15, 0.2) is 54.6 Å². The molecule has 1 N–H and O–H groups in total. The van der Waals surface area contributed by atoms with Crippen LogP contribution in [0.25, 0.3) is 10.9 Å². The van der Waals surface area contributed by atoms with Gasteiger partial charge in [-0.2, -0.15) is 0 Å². The van der Waals surface area contributed by atoms with Crippen molar-refractivity contribution in [2.24, 2.45) is 0 Å². The van der Waals surface area contributed by atoms with E-state index in [-0.39, 0.29) is 18.6 Å². The molecule has 1 aromatic heterocycles. The number of carbonyl (C=O) groups excluding carboxylic acids is 2. The Morgan fingerprint density at radius 1 is 1.03 bits per heavy atom. The van der Waals surface area contributed by atoms with Crippen LogP contribution in [-0.2, 0) is 28.8 Å². The Morgan fingerprint density at radius 2 is 1.77 bits per heavy atom. The highest BCUT2D eigenvalue weighted by atomic mass is 16.5. The lowest BCUT2D eigenvalue weighted by Gasteiger charge is -2.20. The molecule has 3 aromatic rings. The Morgan fingerprint density at radius 3 is 2.61 bits per heavy atom. The molecule has 160 valence electrons. The zero-order chi connectivity index (χ0) is 21.6. The van der Waals surface area contributed by atoms with E-state index >= 15 is 0 Å². The lowest BCUT2D eigenvalue weighted by atomic mass is 9.90. The van der Waals surface area contributed by atoms with Gasteiger partial charge >= 0.3 is 5.97 Å². The van der Waals surface area contributed by atoms with E-state index in [1.807, 2.05) is 49.4 Å². The maximum Gasteiger partial charge on any atom is 0.339 e. The van der Waals surface area contributed by atoms with Gasteiger partial charge in [0, 0.05) is 17.1 Å². The van der Waals surface area contributed by atoms with Crippen molar-refractivity contribution < 1.29 is 14.3 Å². The second kappa shape index (κ2) is 9.73. The number of aryl methyl sites for hydroxylation is 2. The van der Waals surface area contributed by atoms with E-state index in [1.54, 1.807) is 0 Å². The van der Waals surface area contributed by atoms with Crippen molar-refractivity contribution in [3.8, 4) is 0 Å². The quantitative estimate of drug-likeness (QED) is 0.580. The number of rotatable bonds is 7. The minimum atomic E-state index is -0.441. The molecule has 0 aliphatic heterocycles. The Balaban J connectivity index is 1.38. The first-order valence-electron chi connectivity index (χ1n) is 11.0. The van der Waals surface area contributed by atoms with Gasteiger partial charge in [-0.1, -0.05) is 48.5 Å². The summed E-state index contributed by atoms with van der Waals surface area (Å²) in [6.07, 6.45) is 5.52. The molecule has 0 saturated heterocycles. The van der Waals surface area contributed by atoms with Crippen molar-refractivity contribution in [1.82, 2.24) is 10.3 Å². The SMILES string of the molecule is C[C@H](CCc1ccccc1)NC(=O)COC(=O)c1c2c(nc3ccccc13)CCCC2. The molecular formula is C26H28N2O3. The normalized spacial score (nSPS) is 14.0. The van der Waals surface area contributed by atoms with Gasteiger partial charge in [0.1, 0.15) is 0 Å². The number of aromatic nitrogens is 1. The third-order valence-corrected chi connectivity index (χ3v) is 5.82. The average molecular weight is 417 g/mol. The van der Waals surface area contributed by atoms with E-state index in [2.05, 4.69) is 17.4 Å². The van der Waals surface area contributed by atoms with Crippen molar-refractivity contribution in [2.75, 3.05) is 6.61 Å². The molecule has 0 fully saturated rings. The van der Waals surface area contributed by atoms with Gasteiger partial charge in [-0.05, 0) is 62.6 Å². The fourth-order valence-corrected chi connectivity index (χ4v) is 4.23. The summed E-state index contributed by atoms with van der Waals surface area (Å²) in [4.78, 5) is 30.1. The molecule has 1 amide bonds. The third kappa shape index (κ3) is 5.10. The van der Waals surface area contributed by atoms with Crippen LogP contribution in [0.2, 0.25) is 0 Å². The number of esters is 1. The van der Waals surface area contributed by atoms with Crippen LogP contribution in [0.3, 0.4) is 0 Å². The van der Waals surface area contributed by atoms with Gasteiger partial charge in [-0.3, -0.25) is 9.78 Å². The zero-order valence-electron chi connectivity index (χ0n) is 17.9. The van der Waals surface area contributed by atoms with E-state index in [4.69, 9.17) is 9.72 Å². The minimum absolute atomic E-state index is 0.000855. The predicted octanol–water partition coefficient (Wildman–Crippen LogP) is 4.41. The summed E-state index contributed by atoms with van der Waals surface area (Å²) in [6, 6.07) is 17.8. The summed E-state index contributed by atoms with van der Waals surface area (Å²) in [5.74, 6) is -0.718. The smallest absolute Gasteiger partial charge is 0.339 e. The molecule has 2 aromatic carbocycles. The molecule has 1 aliphatic rings. The van der Waals surface area contributed by atoms with E-state index in [0.29, 0.717) is 5.56 Å². The fraction of sp³-hybridized carbons (Fsp3) is 0.346. The lowest BCUT2D eigenvalue weighted by molar-refractivity contribution is -0.124. The largest absolute Gasteiger partial charge is 0.452 e. The summed E-state index contributed by atoms with van der Waals surface area (Å²) >= 11 is 0. The summed E-state index contributed by atoms with van der Waals surface area (Å²) in [5.41, 5.74) is 4.58. The highest BCUT2D eigenvalue weighted by molar-refractivity contribution is 6.05. The second-order valence-electron chi connectivity index (χ2n) is 8.21. The Bertz CT molecular complexity index is 1080. The zero-order valence-corrected chi connectivity index (χ0v) is 17.9. The van der Waals surface area contributed by atoms with Crippen LogP contribution >= 0.6 is 0 Å². The molecule has 4 rings (SSSR count). The number of pyridine rings is 1. The van der Waals surface area contributed by atoms with E-state index in [1.165, 1.54) is 5.56 Å². The van der Waals surface area contributed by atoms with Crippen molar-refractivity contribution in [1.29, 1.82) is 0 Å². The number of carbonyl (C=O) groups is 2. The van der Waals surface area contributed by atoms with Gasteiger partial charge in [0.15, 0.2) is 6.61 Å². The van der Waals surface area contributed by atoms with Crippen LogP contribution < -0.4 is 5.32 Å². The maximum absolute atomic E-state index is 13.0. The molecule has 31 heavy (non-hydrogen) atoms. The third-order valence-electron chi connectivity index (χ3n) is 5.82. The van der Waals surface area contributed by atoms with Gasteiger partial charge in [-0.15, -0.1) is 0 Å². The number of para-hydroxylation sites is 1. The van der Waals surface area contributed by atoms with Crippen LogP contribution in [-0.4, -0.2) is 29.5 Å². The molecule has 0 saturated carbocycles. The Kier molecular flexibility index (Phi) is 6.60. The number of amides is 1. The van der Waals surface area contributed by atoms with E-state index < -0.39 is 5.97 Å². The molecule has 1 atom stereocenters. The number of nitrogens with one attached hydrogen (secondary N) is 1. The highest BCUT2D eigenvalue weighted by Gasteiger charge is 2.24. The van der Waals surface area contributed by atoms with Gasteiger partial charge in [0.2, 0.25) is 0 Å². The molecular weight excluding hydrogens is 388 g/mol. The standard InChI is InChI=1S/C26H28N2O3/c1-18(15-16-19-9-3-2-4-10-19)27-24(29)17-31-26(30)25-20-11-5-7-13-22(20)28-23-14-8-6-12-21(23)25/h2-5,7,9-11,13,18H,6,8,12,14-17H2,1H3,(H,27,29)/t18-/m1/s1. The number of hydrogen-bond acceptors (Lipinski definition) is 4. The Labute approximate surface area is 182 Å². The molecule has 1 aliphatic carbocycles. The van der Waals surface area contributed by atoms with Crippen LogP contribution in [0.4, 0.5) is 0 Å². The summed E-state index contributed by atoms with van der Waals surface area (Å²) < 4.78 is 5.45.